The van der Waals surface area contributed by atoms with Crippen LogP contribution in [0.2, 0.25) is 5.02 Å². The van der Waals surface area contributed by atoms with E-state index in [1.54, 1.807) is 24.2 Å². The summed E-state index contributed by atoms with van der Waals surface area (Å²) >= 11 is 5.87. The van der Waals surface area contributed by atoms with Gasteiger partial charge < -0.3 is 10.1 Å². The smallest absolute Gasteiger partial charge is 0.159 e. The van der Waals surface area contributed by atoms with E-state index >= 15 is 0 Å². The van der Waals surface area contributed by atoms with Crippen molar-refractivity contribution in [3.8, 4) is 5.82 Å². The lowest BCUT2D eigenvalue weighted by Gasteiger charge is -2.09. The number of nitrogens with zero attached hydrogens (tertiary/aromatic N) is 4. The molecular weight excluding hydrogens is 266 g/mol. The molecule has 1 N–H and O–H groups in total. The molecule has 0 fully saturated rings. The van der Waals surface area contributed by atoms with Crippen molar-refractivity contribution in [1.82, 2.24) is 19.7 Å². The lowest BCUT2D eigenvalue weighted by Crippen LogP contribution is -2.09. The Hall–Kier alpha value is -1.66. The van der Waals surface area contributed by atoms with E-state index in [4.69, 9.17) is 16.3 Å². The zero-order valence-corrected chi connectivity index (χ0v) is 11.7. The molecule has 0 aliphatic rings. The van der Waals surface area contributed by atoms with Gasteiger partial charge in [0.05, 0.1) is 17.4 Å². The van der Waals surface area contributed by atoms with Gasteiger partial charge in [-0.25, -0.2) is 14.6 Å². The zero-order chi connectivity index (χ0) is 13.7. The maximum absolute atomic E-state index is 5.87. The second kappa shape index (κ2) is 6.49. The second-order valence-electron chi connectivity index (χ2n) is 3.99. The molecule has 7 heteroatoms. The second-order valence-corrected chi connectivity index (χ2v) is 4.43. The molecule has 0 radical (unpaired) electrons. The Labute approximate surface area is 116 Å². The van der Waals surface area contributed by atoms with Gasteiger partial charge >= 0.3 is 0 Å². The highest BCUT2D eigenvalue weighted by Gasteiger charge is 2.07. The minimum atomic E-state index is 0.351. The van der Waals surface area contributed by atoms with Crippen molar-refractivity contribution < 1.29 is 4.74 Å². The molecule has 0 aliphatic carbocycles. The molecular formula is C12H16ClN5O. The molecule has 0 unspecified atom stereocenters. The van der Waals surface area contributed by atoms with Crippen LogP contribution in [0.5, 0.6) is 0 Å². The molecule has 0 amide bonds. The van der Waals surface area contributed by atoms with Crippen LogP contribution in [-0.4, -0.2) is 33.4 Å². The topological polar surface area (TPSA) is 64.9 Å². The van der Waals surface area contributed by atoms with Crippen molar-refractivity contribution in [2.24, 2.45) is 0 Å². The first-order valence-electron chi connectivity index (χ1n) is 6.04. The molecule has 102 valence electrons. The number of ether oxygens (including phenoxy) is 1. The maximum atomic E-state index is 5.87. The average Bonchev–Trinajstić information content (AvgIpc) is 2.83. The quantitative estimate of drug-likeness (QED) is 0.880. The molecule has 0 bridgehead atoms. The molecule has 0 aromatic carbocycles. The third-order valence-corrected chi connectivity index (χ3v) is 2.57. The van der Waals surface area contributed by atoms with Crippen LogP contribution in [-0.2, 0) is 11.3 Å². The van der Waals surface area contributed by atoms with Gasteiger partial charge in [0.2, 0.25) is 0 Å². The van der Waals surface area contributed by atoms with E-state index in [1.807, 2.05) is 6.07 Å². The number of hydrogen-bond acceptors (Lipinski definition) is 5. The van der Waals surface area contributed by atoms with Crippen LogP contribution >= 0.6 is 11.6 Å². The van der Waals surface area contributed by atoms with Gasteiger partial charge in [0.25, 0.3) is 0 Å². The number of rotatable bonds is 6. The summed E-state index contributed by atoms with van der Waals surface area (Å²) in [6.45, 7) is 3.30. The molecule has 19 heavy (non-hydrogen) atoms. The largest absolute Gasteiger partial charge is 0.377 e. The molecule has 0 atom stereocenters. The predicted molar refractivity (Wildman–Crippen MR) is 73.7 cm³/mol. The number of hydrogen-bond donors (Lipinski definition) is 1. The van der Waals surface area contributed by atoms with E-state index in [0.29, 0.717) is 23.3 Å². The van der Waals surface area contributed by atoms with Gasteiger partial charge in [0.1, 0.15) is 12.4 Å². The summed E-state index contributed by atoms with van der Waals surface area (Å²) < 4.78 is 6.69. The van der Waals surface area contributed by atoms with E-state index in [-0.39, 0.29) is 0 Å². The SMILES string of the molecule is CCCNc1cc(-n2cc(Cl)cn2)nc(COC)n1. The average molecular weight is 282 g/mol. The fourth-order valence-corrected chi connectivity index (χ4v) is 1.70. The number of methoxy groups -OCH3 is 1. The lowest BCUT2D eigenvalue weighted by atomic mass is 10.4. The summed E-state index contributed by atoms with van der Waals surface area (Å²) in [6.07, 6.45) is 4.29. The van der Waals surface area contributed by atoms with Crippen LogP contribution in [0.3, 0.4) is 0 Å². The standard InChI is InChI=1S/C12H16ClN5O/c1-3-4-14-10-5-12(17-11(16-10)8-19-2)18-7-9(13)6-15-18/h5-7H,3-4,8H2,1-2H3,(H,14,16,17). The van der Waals surface area contributed by atoms with Crippen molar-refractivity contribution in [2.75, 3.05) is 19.0 Å². The fraction of sp³-hybridized carbons (Fsp3) is 0.417. The first-order chi connectivity index (χ1) is 9.22. The Morgan fingerprint density at radius 1 is 1.42 bits per heavy atom. The van der Waals surface area contributed by atoms with E-state index < -0.39 is 0 Å². The molecule has 0 spiro atoms. The highest BCUT2D eigenvalue weighted by Crippen LogP contribution is 2.14. The predicted octanol–water partition coefficient (Wildman–Crippen LogP) is 2.28. The summed E-state index contributed by atoms with van der Waals surface area (Å²) in [7, 11) is 1.61. The fourth-order valence-electron chi connectivity index (χ4n) is 1.56. The molecule has 2 aromatic heterocycles. The third kappa shape index (κ3) is 3.65. The van der Waals surface area contributed by atoms with Crippen molar-refractivity contribution in [3.05, 3.63) is 29.3 Å². The van der Waals surface area contributed by atoms with Gasteiger partial charge in [-0.15, -0.1) is 0 Å². The van der Waals surface area contributed by atoms with Gasteiger partial charge in [0.15, 0.2) is 11.6 Å². The van der Waals surface area contributed by atoms with E-state index in [1.165, 1.54) is 0 Å². The van der Waals surface area contributed by atoms with Crippen LogP contribution < -0.4 is 5.32 Å². The molecule has 0 saturated carbocycles. The first kappa shape index (κ1) is 13.8. The molecule has 2 rings (SSSR count). The van der Waals surface area contributed by atoms with Gasteiger partial charge in [-0.1, -0.05) is 18.5 Å². The summed E-state index contributed by atoms with van der Waals surface area (Å²) in [5.74, 6) is 2.02. The molecule has 2 heterocycles. The Morgan fingerprint density at radius 3 is 2.89 bits per heavy atom. The highest BCUT2D eigenvalue weighted by atomic mass is 35.5. The van der Waals surface area contributed by atoms with Crippen LogP contribution in [0.15, 0.2) is 18.5 Å². The van der Waals surface area contributed by atoms with Crippen LogP contribution in [0.1, 0.15) is 19.2 Å². The minimum absolute atomic E-state index is 0.351. The van der Waals surface area contributed by atoms with Crippen LogP contribution in [0.25, 0.3) is 5.82 Å². The van der Waals surface area contributed by atoms with Crippen LogP contribution in [0, 0.1) is 0 Å². The molecule has 2 aromatic rings. The number of anilines is 1. The summed E-state index contributed by atoms with van der Waals surface area (Å²) in [6, 6.07) is 1.83. The molecule has 6 nitrogen and oxygen atoms in total. The van der Waals surface area contributed by atoms with E-state index in [9.17, 15) is 0 Å². The number of aromatic nitrogens is 4. The normalized spacial score (nSPS) is 10.7. The first-order valence-corrected chi connectivity index (χ1v) is 6.42. The Balaban J connectivity index is 2.33. The monoisotopic (exact) mass is 281 g/mol. The lowest BCUT2D eigenvalue weighted by molar-refractivity contribution is 0.178. The van der Waals surface area contributed by atoms with E-state index in [2.05, 4.69) is 27.3 Å². The molecule has 0 saturated heterocycles. The van der Waals surface area contributed by atoms with Crippen molar-refractivity contribution in [3.63, 3.8) is 0 Å². The maximum Gasteiger partial charge on any atom is 0.159 e. The van der Waals surface area contributed by atoms with Crippen molar-refractivity contribution >= 4 is 17.4 Å². The van der Waals surface area contributed by atoms with Crippen molar-refractivity contribution in [2.45, 2.75) is 20.0 Å². The Kier molecular flexibility index (Phi) is 4.70. The number of halogens is 1. The zero-order valence-electron chi connectivity index (χ0n) is 10.9. The number of nitrogens with one attached hydrogen (secondary N) is 1. The summed E-state index contributed by atoms with van der Waals surface area (Å²) in [4.78, 5) is 8.75. The van der Waals surface area contributed by atoms with Gasteiger partial charge in [-0.2, -0.15) is 5.10 Å². The van der Waals surface area contributed by atoms with Gasteiger partial charge in [-0.05, 0) is 6.42 Å². The molecule has 0 aliphatic heterocycles. The minimum Gasteiger partial charge on any atom is -0.377 e. The third-order valence-electron chi connectivity index (χ3n) is 2.37. The van der Waals surface area contributed by atoms with Crippen molar-refractivity contribution in [1.29, 1.82) is 0 Å². The Morgan fingerprint density at radius 2 is 2.26 bits per heavy atom. The van der Waals surface area contributed by atoms with Gasteiger partial charge in [0, 0.05) is 19.7 Å². The Bertz CT molecular complexity index is 543. The van der Waals surface area contributed by atoms with Gasteiger partial charge in [-0.3, -0.25) is 0 Å². The highest BCUT2D eigenvalue weighted by molar-refractivity contribution is 6.30. The summed E-state index contributed by atoms with van der Waals surface area (Å²) in [5.41, 5.74) is 0. The van der Waals surface area contributed by atoms with Crippen LogP contribution in [0.4, 0.5) is 5.82 Å². The summed E-state index contributed by atoms with van der Waals surface area (Å²) in [5, 5.41) is 7.93. The van der Waals surface area contributed by atoms with E-state index in [0.717, 1.165) is 18.8 Å².